The first-order chi connectivity index (χ1) is 8.58. The third kappa shape index (κ3) is 2.68. The van der Waals surface area contributed by atoms with Crippen molar-refractivity contribution in [1.82, 2.24) is 0 Å². The molecule has 0 aliphatic heterocycles. The molecule has 0 radical (unpaired) electrons. The van der Waals surface area contributed by atoms with Crippen LogP contribution in [-0.4, -0.2) is 4.92 Å². The predicted octanol–water partition coefficient (Wildman–Crippen LogP) is 3.89. The molecule has 0 spiro atoms. The lowest BCUT2D eigenvalue weighted by Crippen LogP contribution is -2.01. The Morgan fingerprint density at radius 1 is 1.28 bits per heavy atom. The summed E-state index contributed by atoms with van der Waals surface area (Å²) in [5, 5.41) is 16.0. The zero-order chi connectivity index (χ0) is 13.1. The molecule has 0 bridgehead atoms. The van der Waals surface area contributed by atoms with Crippen molar-refractivity contribution < 1.29 is 4.92 Å². The van der Waals surface area contributed by atoms with Crippen LogP contribution >= 0.6 is 11.3 Å². The van der Waals surface area contributed by atoms with Crippen molar-refractivity contribution in [3.63, 3.8) is 0 Å². The molecule has 0 unspecified atom stereocenters. The molecule has 5 heteroatoms. The van der Waals surface area contributed by atoms with Gasteiger partial charge in [-0.15, -0.1) is 11.3 Å². The van der Waals surface area contributed by atoms with Crippen molar-refractivity contribution in [1.29, 1.82) is 0 Å². The standard InChI is InChI=1S/C13H14N2O2S/c1-9-5-6-18-13(9)8-14-12-4-3-11(15(16)17)7-10(12)2/h3-7,14H,8H2,1-2H3. The van der Waals surface area contributed by atoms with E-state index in [1.165, 1.54) is 16.5 Å². The molecule has 0 fully saturated rings. The van der Waals surface area contributed by atoms with E-state index in [0.717, 1.165) is 17.8 Å². The van der Waals surface area contributed by atoms with E-state index in [2.05, 4.69) is 23.7 Å². The zero-order valence-electron chi connectivity index (χ0n) is 10.3. The van der Waals surface area contributed by atoms with E-state index in [9.17, 15) is 10.1 Å². The number of nitro groups is 1. The van der Waals surface area contributed by atoms with Crippen LogP contribution in [0.4, 0.5) is 11.4 Å². The van der Waals surface area contributed by atoms with Crippen LogP contribution in [0.2, 0.25) is 0 Å². The van der Waals surface area contributed by atoms with Gasteiger partial charge < -0.3 is 5.32 Å². The highest BCUT2D eigenvalue weighted by Gasteiger charge is 2.08. The molecule has 1 aromatic carbocycles. The summed E-state index contributed by atoms with van der Waals surface area (Å²) >= 11 is 1.71. The van der Waals surface area contributed by atoms with Crippen molar-refractivity contribution in [3.8, 4) is 0 Å². The van der Waals surface area contributed by atoms with E-state index in [1.54, 1.807) is 23.5 Å². The number of aryl methyl sites for hydroxylation is 2. The average Bonchev–Trinajstić information content (AvgIpc) is 2.73. The van der Waals surface area contributed by atoms with Crippen LogP contribution in [0.1, 0.15) is 16.0 Å². The maximum Gasteiger partial charge on any atom is 0.269 e. The first-order valence-electron chi connectivity index (χ1n) is 5.60. The van der Waals surface area contributed by atoms with Gasteiger partial charge >= 0.3 is 0 Å². The van der Waals surface area contributed by atoms with Crippen molar-refractivity contribution in [2.75, 3.05) is 5.32 Å². The minimum atomic E-state index is -0.375. The molecule has 0 aliphatic carbocycles. The summed E-state index contributed by atoms with van der Waals surface area (Å²) < 4.78 is 0. The molecule has 0 atom stereocenters. The van der Waals surface area contributed by atoms with E-state index < -0.39 is 0 Å². The van der Waals surface area contributed by atoms with Crippen LogP contribution in [-0.2, 0) is 6.54 Å². The number of non-ortho nitro benzene ring substituents is 1. The highest BCUT2D eigenvalue weighted by molar-refractivity contribution is 7.10. The second-order valence-corrected chi connectivity index (χ2v) is 5.14. The summed E-state index contributed by atoms with van der Waals surface area (Å²) in [7, 11) is 0. The molecule has 94 valence electrons. The summed E-state index contributed by atoms with van der Waals surface area (Å²) in [5.74, 6) is 0. The monoisotopic (exact) mass is 262 g/mol. The SMILES string of the molecule is Cc1cc([N+](=O)[O-])ccc1NCc1sccc1C. The molecular formula is C13H14N2O2S. The molecule has 2 aromatic rings. The first-order valence-corrected chi connectivity index (χ1v) is 6.48. The van der Waals surface area contributed by atoms with Gasteiger partial charge in [0.15, 0.2) is 0 Å². The Kier molecular flexibility index (Phi) is 3.62. The minimum absolute atomic E-state index is 0.130. The first kappa shape index (κ1) is 12.6. The topological polar surface area (TPSA) is 55.2 Å². The molecule has 4 nitrogen and oxygen atoms in total. The van der Waals surface area contributed by atoms with Gasteiger partial charge in [-0.05, 0) is 42.5 Å². The summed E-state index contributed by atoms with van der Waals surface area (Å²) in [6, 6.07) is 6.96. The Labute approximate surface area is 109 Å². The van der Waals surface area contributed by atoms with Crippen LogP contribution in [0.3, 0.4) is 0 Å². The predicted molar refractivity (Wildman–Crippen MR) is 74.2 cm³/mol. The van der Waals surface area contributed by atoms with E-state index in [1.807, 2.05) is 6.92 Å². The van der Waals surface area contributed by atoms with E-state index >= 15 is 0 Å². The van der Waals surface area contributed by atoms with Crippen LogP contribution in [0, 0.1) is 24.0 Å². The Morgan fingerprint density at radius 2 is 2.06 bits per heavy atom. The molecule has 1 heterocycles. The molecular weight excluding hydrogens is 248 g/mol. The van der Waals surface area contributed by atoms with Gasteiger partial charge in [-0.2, -0.15) is 0 Å². The number of benzene rings is 1. The van der Waals surface area contributed by atoms with Gasteiger partial charge in [0.25, 0.3) is 5.69 Å². The lowest BCUT2D eigenvalue weighted by atomic mass is 10.1. The number of hydrogen-bond acceptors (Lipinski definition) is 4. The van der Waals surface area contributed by atoms with E-state index in [-0.39, 0.29) is 10.6 Å². The third-order valence-electron chi connectivity index (χ3n) is 2.83. The van der Waals surface area contributed by atoms with Gasteiger partial charge in [-0.3, -0.25) is 10.1 Å². The highest BCUT2D eigenvalue weighted by Crippen LogP contribution is 2.23. The van der Waals surface area contributed by atoms with Crippen molar-refractivity contribution in [2.45, 2.75) is 20.4 Å². The average molecular weight is 262 g/mol. The number of rotatable bonds is 4. The third-order valence-corrected chi connectivity index (χ3v) is 3.85. The normalized spacial score (nSPS) is 10.3. The largest absolute Gasteiger partial charge is 0.380 e. The van der Waals surface area contributed by atoms with Gasteiger partial charge in [-0.25, -0.2) is 0 Å². The van der Waals surface area contributed by atoms with Gasteiger partial charge in [0, 0.05) is 29.2 Å². The van der Waals surface area contributed by atoms with Crippen LogP contribution in [0.5, 0.6) is 0 Å². The highest BCUT2D eigenvalue weighted by atomic mass is 32.1. The van der Waals surface area contributed by atoms with E-state index in [4.69, 9.17) is 0 Å². The van der Waals surface area contributed by atoms with Crippen molar-refractivity contribution in [2.24, 2.45) is 0 Å². The summed E-state index contributed by atoms with van der Waals surface area (Å²) in [6.45, 7) is 4.70. The fourth-order valence-electron chi connectivity index (χ4n) is 1.72. The maximum absolute atomic E-state index is 10.6. The van der Waals surface area contributed by atoms with Crippen LogP contribution in [0.25, 0.3) is 0 Å². The van der Waals surface area contributed by atoms with Crippen LogP contribution < -0.4 is 5.32 Å². The number of hydrogen-bond donors (Lipinski definition) is 1. The molecule has 0 saturated heterocycles. The molecule has 1 aromatic heterocycles. The van der Waals surface area contributed by atoms with Crippen molar-refractivity contribution in [3.05, 3.63) is 55.8 Å². The molecule has 0 saturated carbocycles. The van der Waals surface area contributed by atoms with Gasteiger partial charge in [0.2, 0.25) is 0 Å². The molecule has 18 heavy (non-hydrogen) atoms. The van der Waals surface area contributed by atoms with Gasteiger partial charge in [0.1, 0.15) is 0 Å². The molecule has 0 amide bonds. The van der Waals surface area contributed by atoms with E-state index in [0.29, 0.717) is 0 Å². The quantitative estimate of drug-likeness (QED) is 0.672. The number of nitro benzene ring substituents is 1. The number of thiophene rings is 1. The Morgan fingerprint density at radius 3 is 2.61 bits per heavy atom. The van der Waals surface area contributed by atoms with Crippen molar-refractivity contribution >= 4 is 22.7 Å². The second-order valence-electron chi connectivity index (χ2n) is 4.14. The number of anilines is 1. The smallest absolute Gasteiger partial charge is 0.269 e. The maximum atomic E-state index is 10.6. The summed E-state index contributed by atoms with van der Waals surface area (Å²) in [5.41, 5.74) is 3.23. The minimum Gasteiger partial charge on any atom is -0.380 e. The second kappa shape index (κ2) is 5.18. The molecule has 1 N–H and O–H groups in total. The molecule has 2 rings (SSSR count). The zero-order valence-corrected chi connectivity index (χ0v) is 11.1. The number of nitrogens with zero attached hydrogens (tertiary/aromatic N) is 1. The fraction of sp³-hybridized carbons (Fsp3) is 0.231. The Bertz CT molecular complexity index is 578. The Hall–Kier alpha value is -1.88. The van der Waals surface area contributed by atoms with Gasteiger partial charge in [0.05, 0.1) is 4.92 Å². The lowest BCUT2D eigenvalue weighted by Gasteiger charge is -2.08. The lowest BCUT2D eigenvalue weighted by molar-refractivity contribution is -0.384. The van der Waals surface area contributed by atoms with Gasteiger partial charge in [-0.1, -0.05) is 0 Å². The summed E-state index contributed by atoms with van der Waals surface area (Å²) in [6.07, 6.45) is 0. The Balaban J connectivity index is 2.11. The molecule has 0 aliphatic rings. The summed E-state index contributed by atoms with van der Waals surface area (Å²) in [4.78, 5) is 11.6. The van der Waals surface area contributed by atoms with Crippen LogP contribution in [0.15, 0.2) is 29.6 Å². The fourth-order valence-corrected chi connectivity index (χ4v) is 2.57. The number of nitrogens with one attached hydrogen (secondary N) is 1.